The van der Waals surface area contributed by atoms with Crippen LogP contribution >= 0.6 is 0 Å². The van der Waals surface area contributed by atoms with Crippen LogP contribution in [0.3, 0.4) is 0 Å². The van der Waals surface area contributed by atoms with Gasteiger partial charge < -0.3 is 9.84 Å². The number of hydrogen-bond acceptors (Lipinski definition) is 5. The maximum atomic E-state index is 13.0. The van der Waals surface area contributed by atoms with Crippen LogP contribution in [0.5, 0.6) is 0 Å². The molecule has 1 N–H and O–H groups in total. The summed E-state index contributed by atoms with van der Waals surface area (Å²) in [5.41, 5.74) is 1.32. The summed E-state index contributed by atoms with van der Waals surface area (Å²) in [5, 5.41) is 4.88. The van der Waals surface area contributed by atoms with E-state index in [0.29, 0.717) is 11.3 Å². The number of hydrogen-bond donors (Lipinski definition) is 1. The van der Waals surface area contributed by atoms with Crippen LogP contribution in [0.15, 0.2) is 33.7 Å². The molecule has 25 heavy (non-hydrogen) atoms. The number of nitrogens with zero attached hydrogens (tertiary/aromatic N) is 1. The average molecular weight is 364 g/mol. The topological polar surface area (TPSA) is 89.3 Å². The SMILES string of the molecule is Cc1cc(NC(=O)[C@H](C)S(=O)(=O)c2cc(C(C)(C)C)ccc2C)no1. The lowest BCUT2D eigenvalue weighted by molar-refractivity contribution is -0.115. The first kappa shape index (κ1) is 19.2. The minimum Gasteiger partial charge on any atom is -0.360 e. The number of anilines is 1. The minimum absolute atomic E-state index is 0.180. The second-order valence-corrected chi connectivity index (χ2v) is 9.47. The molecular formula is C18H24N2O4S. The van der Waals surface area contributed by atoms with Crippen LogP contribution in [0.4, 0.5) is 5.82 Å². The fourth-order valence-electron chi connectivity index (χ4n) is 2.36. The van der Waals surface area contributed by atoms with Gasteiger partial charge in [0.1, 0.15) is 11.0 Å². The Kier molecular flexibility index (Phi) is 5.09. The zero-order valence-electron chi connectivity index (χ0n) is 15.4. The lowest BCUT2D eigenvalue weighted by atomic mass is 9.87. The van der Waals surface area contributed by atoms with Crippen LogP contribution in [0, 0.1) is 13.8 Å². The first-order valence-corrected chi connectivity index (χ1v) is 9.57. The fourth-order valence-corrected chi connectivity index (χ4v) is 3.89. The van der Waals surface area contributed by atoms with Crippen LogP contribution in [0.1, 0.15) is 44.6 Å². The van der Waals surface area contributed by atoms with E-state index in [2.05, 4.69) is 10.5 Å². The first-order valence-electron chi connectivity index (χ1n) is 8.02. The predicted octanol–water partition coefficient (Wildman–Crippen LogP) is 3.39. The molecule has 136 valence electrons. The van der Waals surface area contributed by atoms with E-state index in [9.17, 15) is 13.2 Å². The molecule has 1 aromatic carbocycles. The number of amides is 1. The molecule has 0 saturated carbocycles. The molecule has 0 bridgehead atoms. The van der Waals surface area contributed by atoms with E-state index in [-0.39, 0.29) is 16.1 Å². The Hall–Kier alpha value is -2.15. The number of rotatable bonds is 4. The number of aryl methyl sites for hydroxylation is 2. The first-order chi connectivity index (χ1) is 11.4. The normalized spacial score (nSPS) is 13.5. The molecule has 2 rings (SSSR count). The van der Waals surface area contributed by atoms with E-state index in [1.54, 1.807) is 26.0 Å². The van der Waals surface area contributed by atoms with Gasteiger partial charge in [-0.15, -0.1) is 0 Å². The summed E-state index contributed by atoms with van der Waals surface area (Å²) in [5.74, 6) is 0.0816. The van der Waals surface area contributed by atoms with E-state index in [1.807, 2.05) is 26.8 Å². The van der Waals surface area contributed by atoms with Crippen molar-refractivity contribution in [2.75, 3.05) is 5.32 Å². The molecule has 0 aliphatic rings. The molecular weight excluding hydrogens is 340 g/mol. The number of carbonyl (C=O) groups is 1. The van der Waals surface area contributed by atoms with E-state index >= 15 is 0 Å². The predicted molar refractivity (Wildman–Crippen MR) is 96.4 cm³/mol. The molecule has 1 atom stereocenters. The number of aromatic nitrogens is 1. The van der Waals surface area contributed by atoms with E-state index < -0.39 is 21.0 Å². The van der Waals surface area contributed by atoms with Crippen molar-refractivity contribution >= 4 is 21.6 Å². The van der Waals surface area contributed by atoms with Gasteiger partial charge in [-0.2, -0.15) is 0 Å². The zero-order valence-corrected chi connectivity index (χ0v) is 16.2. The highest BCUT2D eigenvalue weighted by atomic mass is 32.2. The minimum atomic E-state index is -3.84. The van der Waals surface area contributed by atoms with Crippen molar-refractivity contribution in [1.82, 2.24) is 5.16 Å². The van der Waals surface area contributed by atoms with E-state index in [0.717, 1.165) is 5.56 Å². The second-order valence-electron chi connectivity index (χ2n) is 7.23. The fraction of sp³-hybridized carbons (Fsp3) is 0.444. The van der Waals surface area contributed by atoms with Crippen LogP contribution in [0.2, 0.25) is 0 Å². The zero-order chi connectivity index (χ0) is 19.0. The van der Waals surface area contributed by atoms with E-state index in [1.165, 1.54) is 13.0 Å². The van der Waals surface area contributed by atoms with Crippen LogP contribution in [-0.4, -0.2) is 24.7 Å². The molecule has 0 spiro atoms. The third kappa shape index (κ3) is 4.10. The molecule has 6 nitrogen and oxygen atoms in total. The second kappa shape index (κ2) is 6.63. The molecule has 0 aliphatic carbocycles. The summed E-state index contributed by atoms with van der Waals surface area (Å²) in [4.78, 5) is 12.5. The lowest BCUT2D eigenvalue weighted by Crippen LogP contribution is -2.33. The Morgan fingerprint density at radius 2 is 1.84 bits per heavy atom. The Labute approximate surface area is 148 Å². The number of benzene rings is 1. The van der Waals surface area contributed by atoms with Crippen LogP contribution in [0.25, 0.3) is 0 Å². The molecule has 1 aromatic heterocycles. The summed E-state index contributed by atoms with van der Waals surface area (Å²) in [6.07, 6.45) is 0. The van der Waals surface area contributed by atoms with Crippen molar-refractivity contribution < 1.29 is 17.7 Å². The third-order valence-electron chi connectivity index (χ3n) is 4.07. The molecule has 1 amide bonds. The summed E-state index contributed by atoms with van der Waals surface area (Å²) in [7, 11) is -3.84. The van der Waals surface area contributed by atoms with Gasteiger partial charge in [-0.3, -0.25) is 4.79 Å². The van der Waals surface area contributed by atoms with Gasteiger partial charge in [0, 0.05) is 6.07 Å². The number of carbonyl (C=O) groups excluding carboxylic acids is 1. The van der Waals surface area contributed by atoms with Gasteiger partial charge in [0.05, 0.1) is 4.90 Å². The van der Waals surface area contributed by atoms with Gasteiger partial charge in [-0.05, 0) is 43.4 Å². The van der Waals surface area contributed by atoms with Crippen molar-refractivity contribution in [2.24, 2.45) is 0 Å². The van der Waals surface area contributed by atoms with Crippen molar-refractivity contribution in [3.8, 4) is 0 Å². The summed E-state index contributed by atoms with van der Waals surface area (Å²) in [6.45, 7) is 10.8. The summed E-state index contributed by atoms with van der Waals surface area (Å²) in [6, 6.07) is 6.88. The average Bonchev–Trinajstić information content (AvgIpc) is 2.90. The van der Waals surface area contributed by atoms with Crippen molar-refractivity contribution in [2.45, 2.75) is 57.1 Å². The highest BCUT2D eigenvalue weighted by molar-refractivity contribution is 7.92. The number of sulfone groups is 1. The highest BCUT2D eigenvalue weighted by Gasteiger charge is 2.32. The smallest absolute Gasteiger partial charge is 0.244 e. The monoisotopic (exact) mass is 364 g/mol. The maximum absolute atomic E-state index is 13.0. The Morgan fingerprint density at radius 3 is 2.36 bits per heavy atom. The van der Waals surface area contributed by atoms with Gasteiger partial charge in [0.25, 0.3) is 0 Å². The van der Waals surface area contributed by atoms with Crippen molar-refractivity contribution in [3.05, 3.63) is 41.2 Å². The molecule has 2 aromatic rings. The lowest BCUT2D eigenvalue weighted by Gasteiger charge is -2.21. The van der Waals surface area contributed by atoms with Crippen molar-refractivity contribution in [3.63, 3.8) is 0 Å². The standard InChI is InChI=1S/C18H24N2O4S/c1-11-7-8-14(18(4,5)6)10-15(11)25(22,23)13(3)17(21)19-16-9-12(2)24-20-16/h7-10,13H,1-6H3,(H,19,20,21)/t13-/m0/s1. The molecule has 0 unspecified atom stereocenters. The van der Waals surface area contributed by atoms with Gasteiger partial charge in [-0.25, -0.2) is 8.42 Å². The van der Waals surface area contributed by atoms with Gasteiger partial charge in [0.2, 0.25) is 5.91 Å². The Bertz CT molecular complexity index is 892. The van der Waals surface area contributed by atoms with Crippen LogP contribution in [-0.2, 0) is 20.0 Å². The largest absolute Gasteiger partial charge is 0.360 e. The van der Waals surface area contributed by atoms with Gasteiger partial charge in [-0.1, -0.05) is 38.1 Å². The highest BCUT2D eigenvalue weighted by Crippen LogP contribution is 2.28. The molecule has 7 heteroatoms. The maximum Gasteiger partial charge on any atom is 0.244 e. The summed E-state index contributed by atoms with van der Waals surface area (Å²) >= 11 is 0. The number of nitrogens with one attached hydrogen (secondary N) is 1. The summed E-state index contributed by atoms with van der Waals surface area (Å²) < 4.78 is 30.8. The molecule has 0 saturated heterocycles. The van der Waals surface area contributed by atoms with Gasteiger partial charge in [0.15, 0.2) is 15.7 Å². The molecule has 0 fully saturated rings. The molecule has 1 heterocycles. The van der Waals surface area contributed by atoms with E-state index in [4.69, 9.17) is 4.52 Å². The molecule has 0 radical (unpaired) electrons. The molecule has 0 aliphatic heterocycles. The Balaban J connectivity index is 2.35. The quantitative estimate of drug-likeness (QED) is 0.898. The van der Waals surface area contributed by atoms with Gasteiger partial charge >= 0.3 is 0 Å². The van der Waals surface area contributed by atoms with Crippen molar-refractivity contribution in [1.29, 1.82) is 0 Å². The third-order valence-corrected chi connectivity index (χ3v) is 6.27. The van der Waals surface area contributed by atoms with Crippen LogP contribution < -0.4 is 5.32 Å². The Morgan fingerprint density at radius 1 is 1.20 bits per heavy atom.